The first-order valence-corrected chi connectivity index (χ1v) is 8.96. The van der Waals surface area contributed by atoms with Crippen LogP contribution in [0, 0.1) is 5.92 Å². The second-order valence-electron chi connectivity index (χ2n) is 5.31. The third-order valence-corrected chi connectivity index (χ3v) is 5.20. The summed E-state index contributed by atoms with van der Waals surface area (Å²) in [5, 5.41) is 4.26. The molecule has 0 aliphatic heterocycles. The average molecular weight is 385 g/mol. The molecule has 0 radical (unpaired) electrons. The van der Waals surface area contributed by atoms with Gasteiger partial charge in [0.25, 0.3) is 0 Å². The highest BCUT2D eigenvalue weighted by Gasteiger charge is 2.05. The summed E-state index contributed by atoms with van der Waals surface area (Å²) in [7, 11) is 0. The Balaban J connectivity index is 2.03. The van der Waals surface area contributed by atoms with Crippen LogP contribution >= 0.6 is 39.3 Å². The van der Waals surface area contributed by atoms with Crippen LogP contribution in [-0.2, 0) is 6.54 Å². The summed E-state index contributed by atoms with van der Waals surface area (Å²) in [4.78, 5) is 2.26. The van der Waals surface area contributed by atoms with E-state index in [-0.39, 0.29) is 0 Å². The van der Waals surface area contributed by atoms with E-state index in [1.165, 1.54) is 10.5 Å². The second-order valence-corrected chi connectivity index (χ2v) is 7.69. The average Bonchev–Trinajstić information content (AvgIpc) is 2.43. The van der Waals surface area contributed by atoms with Gasteiger partial charge in [0, 0.05) is 20.8 Å². The van der Waals surface area contributed by atoms with Crippen molar-refractivity contribution in [3.8, 4) is 0 Å². The molecule has 112 valence electrons. The molecule has 0 aliphatic rings. The summed E-state index contributed by atoms with van der Waals surface area (Å²) < 4.78 is 1.14. The van der Waals surface area contributed by atoms with Crippen molar-refractivity contribution < 1.29 is 0 Å². The summed E-state index contributed by atoms with van der Waals surface area (Å²) in [6.07, 6.45) is 0. The van der Waals surface area contributed by atoms with Gasteiger partial charge in [0.15, 0.2) is 0 Å². The maximum Gasteiger partial charge on any atom is 0.0545 e. The molecule has 1 N–H and O–H groups in total. The van der Waals surface area contributed by atoms with Gasteiger partial charge in [-0.25, -0.2) is 0 Å². The van der Waals surface area contributed by atoms with Gasteiger partial charge in [0.2, 0.25) is 0 Å². The van der Waals surface area contributed by atoms with Crippen LogP contribution < -0.4 is 5.32 Å². The van der Waals surface area contributed by atoms with Crippen LogP contribution in [-0.4, -0.2) is 6.54 Å². The van der Waals surface area contributed by atoms with Crippen LogP contribution in [0.4, 0.5) is 0 Å². The molecular formula is C17H19BrClNS. The van der Waals surface area contributed by atoms with E-state index in [2.05, 4.69) is 53.3 Å². The Hall–Kier alpha value is -0.480. The largest absolute Gasteiger partial charge is 0.312 e. The zero-order chi connectivity index (χ0) is 15.2. The Labute approximate surface area is 144 Å². The van der Waals surface area contributed by atoms with Crippen LogP contribution in [0.5, 0.6) is 0 Å². The zero-order valence-corrected chi connectivity index (χ0v) is 15.4. The van der Waals surface area contributed by atoms with E-state index < -0.39 is 0 Å². The Bertz CT molecular complexity index is 601. The van der Waals surface area contributed by atoms with E-state index in [4.69, 9.17) is 11.6 Å². The smallest absolute Gasteiger partial charge is 0.0545 e. The number of nitrogens with one attached hydrogen (secondary N) is 1. The molecule has 0 aliphatic carbocycles. The van der Waals surface area contributed by atoms with Gasteiger partial charge in [-0.1, -0.05) is 71.3 Å². The van der Waals surface area contributed by atoms with Gasteiger partial charge >= 0.3 is 0 Å². The number of halogens is 2. The van der Waals surface area contributed by atoms with Gasteiger partial charge in [-0.15, -0.1) is 0 Å². The molecule has 0 fully saturated rings. The first-order chi connectivity index (χ1) is 10.1. The fraction of sp³-hybridized carbons (Fsp3) is 0.294. The molecule has 2 rings (SSSR count). The summed E-state index contributed by atoms with van der Waals surface area (Å²) in [5.41, 5.74) is 1.28. The van der Waals surface area contributed by atoms with Crippen LogP contribution in [0.25, 0.3) is 0 Å². The highest BCUT2D eigenvalue weighted by Crippen LogP contribution is 2.34. The standard InChI is InChI=1S/C17H19BrClNS/c1-12(2)10-20-11-13-7-8-14(9-15(13)18)21-17-6-4-3-5-16(17)19/h3-9,12,20H,10-11H2,1-2H3. The fourth-order valence-corrected chi connectivity index (χ4v) is 3.69. The molecule has 0 amide bonds. The SMILES string of the molecule is CC(C)CNCc1ccc(Sc2ccccc2Cl)cc1Br. The molecule has 0 saturated heterocycles. The molecule has 0 bridgehead atoms. The van der Waals surface area contributed by atoms with Gasteiger partial charge in [-0.3, -0.25) is 0 Å². The highest BCUT2D eigenvalue weighted by molar-refractivity contribution is 9.10. The molecule has 0 aromatic heterocycles. The van der Waals surface area contributed by atoms with Crippen LogP contribution in [0.1, 0.15) is 19.4 Å². The van der Waals surface area contributed by atoms with E-state index in [9.17, 15) is 0 Å². The van der Waals surface area contributed by atoms with Crippen molar-refractivity contribution in [3.63, 3.8) is 0 Å². The van der Waals surface area contributed by atoms with E-state index >= 15 is 0 Å². The van der Waals surface area contributed by atoms with Crippen molar-refractivity contribution in [3.05, 3.63) is 57.5 Å². The lowest BCUT2D eigenvalue weighted by Gasteiger charge is -2.10. The molecular weight excluding hydrogens is 366 g/mol. The number of hydrogen-bond acceptors (Lipinski definition) is 2. The third kappa shape index (κ3) is 5.33. The summed E-state index contributed by atoms with van der Waals surface area (Å²) in [6, 6.07) is 14.4. The van der Waals surface area contributed by atoms with Crippen molar-refractivity contribution in [2.24, 2.45) is 5.92 Å². The van der Waals surface area contributed by atoms with Crippen molar-refractivity contribution in [2.75, 3.05) is 6.54 Å². The molecule has 0 heterocycles. The molecule has 0 atom stereocenters. The molecule has 2 aromatic rings. The third-order valence-electron chi connectivity index (χ3n) is 2.96. The van der Waals surface area contributed by atoms with Crippen LogP contribution in [0.15, 0.2) is 56.7 Å². The Morgan fingerprint density at radius 1 is 1.19 bits per heavy atom. The maximum atomic E-state index is 6.20. The van der Waals surface area contributed by atoms with Gasteiger partial charge in [-0.05, 0) is 42.3 Å². The monoisotopic (exact) mass is 383 g/mol. The number of rotatable bonds is 6. The Morgan fingerprint density at radius 2 is 1.95 bits per heavy atom. The quantitative estimate of drug-likeness (QED) is 0.655. The molecule has 0 unspecified atom stereocenters. The van der Waals surface area contributed by atoms with Crippen LogP contribution in [0.3, 0.4) is 0 Å². The highest BCUT2D eigenvalue weighted by atomic mass is 79.9. The normalized spacial score (nSPS) is 11.1. The van der Waals surface area contributed by atoms with E-state index in [0.29, 0.717) is 5.92 Å². The van der Waals surface area contributed by atoms with Crippen molar-refractivity contribution in [2.45, 2.75) is 30.2 Å². The summed E-state index contributed by atoms with van der Waals surface area (Å²) >= 11 is 11.5. The minimum Gasteiger partial charge on any atom is -0.312 e. The van der Waals surface area contributed by atoms with Crippen LogP contribution in [0.2, 0.25) is 5.02 Å². The lowest BCUT2D eigenvalue weighted by molar-refractivity contribution is 0.551. The zero-order valence-electron chi connectivity index (χ0n) is 12.2. The van der Waals surface area contributed by atoms with Gasteiger partial charge < -0.3 is 5.32 Å². The first-order valence-electron chi connectivity index (χ1n) is 6.98. The molecule has 1 nitrogen and oxygen atoms in total. The van der Waals surface area contributed by atoms with E-state index in [0.717, 1.165) is 27.5 Å². The molecule has 2 aromatic carbocycles. The molecule has 0 spiro atoms. The minimum atomic E-state index is 0.666. The van der Waals surface area contributed by atoms with Crippen molar-refractivity contribution in [1.29, 1.82) is 0 Å². The second kappa shape index (κ2) is 8.23. The van der Waals surface area contributed by atoms with E-state index in [1.807, 2.05) is 24.3 Å². The van der Waals surface area contributed by atoms with Gasteiger partial charge in [0.1, 0.15) is 0 Å². The van der Waals surface area contributed by atoms with Crippen molar-refractivity contribution in [1.82, 2.24) is 5.32 Å². The Morgan fingerprint density at radius 3 is 2.62 bits per heavy atom. The molecule has 0 saturated carbocycles. The first kappa shape index (κ1) is 16.9. The topological polar surface area (TPSA) is 12.0 Å². The number of hydrogen-bond donors (Lipinski definition) is 1. The number of benzene rings is 2. The minimum absolute atomic E-state index is 0.666. The van der Waals surface area contributed by atoms with Crippen molar-refractivity contribution >= 4 is 39.3 Å². The lowest BCUT2D eigenvalue weighted by atomic mass is 10.2. The summed E-state index contributed by atoms with van der Waals surface area (Å²) in [5.74, 6) is 0.666. The predicted molar refractivity (Wildman–Crippen MR) is 96.3 cm³/mol. The maximum absolute atomic E-state index is 6.20. The fourth-order valence-electron chi connectivity index (χ4n) is 1.88. The summed E-state index contributed by atoms with van der Waals surface area (Å²) in [6.45, 7) is 6.34. The van der Waals surface area contributed by atoms with E-state index in [1.54, 1.807) is 11.8 Å². The van der Waals surface area contributed by atoms with Gasteiger partial charge in [-0.2, -0.15) is 0 Å². The Kier molecular flexibility index (Phi) is 6.62. The van der Waals surface area contributed by atoms with Gasteiger partial charge in [0.05, 0.1) is 5.02 Å². The molecule has 21 heavy (non-hydrogen) atoms. The predicted octanol–water partition coefficient (Wildman–Crippen LogP) is 6.00. The lowest BCUT2D eigenvalue weighted by Crippen LogP contribution is -2.19. The molecule has 4 heteroatoms.